The Bertz CT molecular complexity index is 680. The summed E-state index contributed by atoms with van der Waals surface area (Å²) in [6.07, 6.45) is 3.51. The van der Waals surface area contributed by atoms with Gasteiger partial charge in [-0.3, -0.25) is 9.48 Å². The highest BCUT2D eigenvalue weighted by atomic mass is 35.5. The summed E-state index contributed by atoms with van der Waals surface area (Å²) in [5.74, 6) is 0.00886. The number of hydrogen-bond donors (Lipinski definition) is 2. The first-order chi connectivity index (χ1) is 11.0. The standard InChI is InChI=1S/C17H20ClN3O2/c1-21-10-14(18)16(20-21)17(23)19-15(12-8-13(22)9-12)7-11-5-3-2-4-6-11/h2-6,10,12-13,15,22H,7-9H2,1H3,(H,19,23). The van der Waals surface area contributed by atoms with E-state index in [1.165, 1.54) is 4.68 Å². The van der Waals surface area contributed by atoms with Gasteiger partial charge in [-0.15, -0.1) is 0 Å². The van der Waals surface area contributed by atoms with Crippen molar-refractivity contribution in [3.05, 3.63) is 52.8 Å². The maximum atomic E-state index is 12.5. The third kappa shape index (κ3) is 3.74. The van der Waals surface area contributed by atoms with Gasteiger partial charge >= 0.3 is 0 Å². The normalized spacial score (nSPS) is 21.5. The number of aliphatic hydroxyl groups is 1. The van der Waals surface area contributed by atoms with E-state index in [2.05, 4.69) is 10.4 Å². The monoisotopic (exact) mass is 333 g/mol. The SMILES string of the molecule is Cn1cc(Cl)c(C(=O)NC(Cc2ccccc2)C2CC(O)C2)n1. The molecule has 6 heteroatoms. The van der Waals surface area contributed by atoms with Crippen molar-refractivity contribution in [2.75, 3.05) is 0 Å². The lowest BCUT2D eigenvalue weighted by Crippen LogP contribution is -2.48. The molecule has 1 aromatic carbocycles. The van der Waals surface area contributed by atoms with Crippen LogP contribution in [0.4, 0.5) is 0 Å². The van der Waals surface area contributed by atoms with Gasteiger partial charge in [0.25, 0.3) is 5.91 Å². The number of hydrogen-bond acceptors (Lipinski definition) is 3. The molecule has 23 heavy (non-hydrogen) atoms. The maximum absolute atomic E-state index is 12.5. The van der Waals surface area contributed by atoms with Gasteiger partial charge in [0, 0.05) is 19.3 Å². The number of carbonyl (C=O) groups excluding carboxylic acids is 1. The van der Waals surface area contributed by atoms with Crippen molar-refractivity contribution in [2.45, 2.75) is 31.4 Å². The molecule has 0 aliphatic heterocycles. The molecule has 1 aromatic heterocycles. The van der Waals surface area contributed by atoms with Gasteiger partial charge in [-0.25, -0.2) is 0 Å². The predicted octanol–water partition coefficient (Wildman–Crippen LogP) is 2.19. The van der Waals surface area contributed by atoms with Crippen molar-refractivity contribution in [1.82, 2.24) is 15.1 Å². The molecule has 1 heterocycles. The quantitative estimate of drug-likeness (QED) is 0.881. The highest BCUT2D eigenvalue weighted by Gasteiger charge is 2.35. The van der Waals surface area contributed by atoms with Crippen LogP contribution in [0.2, 0.25) is 5.02 Å². The van der Waals surface area contributed by atoms with Crippen LogP contribution >= 0.6 is 11.6 Å². The zero-order valence-corrected chi connectivity index (χ0v) is 13.7. The summed E-state index contributed by atoms with van der Waals surface area (Å²) in [6.45, 7) is 0. The van der Waals surface area contributed by atoms with E-state index in [9.17, 15) is 9.90 Å². The summed E-state index contributed by atoms with van der Waals surface area (Å²) in [4.78, 5) is 12.5. The number of benzene rings is 1. The van der Waals surface area contributed by atoms with Gasteiger partial charge in [0.15, 0.2) is 5.69 Å². The Morgan fingerprint density at radius 2 is 2.13 bits per heavy atom. The second kappa shape index (κ2) is 6.72. The minimum absolute atomic E-state index is 0.0358. The Hall–Kier alpha value is -1.85. The molecule has 1 aliphatic rings. The molecule has 1 saturated carbocycles. The average molecular weight is 334 g/mol. The maximum Gasteiger partial charge on any atom is 0.273 e. The van der Waals surface area contributed by atoms with E-state index in [4.69, 9.17) is 11.6 Å². The van der Waals surface area contributed by atoms with Crippen LogP contribution in [0.3, 0.4) is 0 Å². The minimum Gasteiger partial charge on any atom is -0.393 e. The summed E-state index contributed by atoms with van der Waals surface area (Å²) in [5.41, 5.74) is 1.40. The Balaban J connectivity index is 1.73. The molecule has 3 rings (SSSR count). The number of amides is 1. The number of halogens is 1. The topological polar surface area (TPSA) is 67.2 Å². The highest BCUT2D eigenvalue weighted by molar-refractivity contribution is 6.33. The van der Waals surface area contributed by atoms with Gasteiger partial charge in [0.2, 0.25) is 0 Å². The van der Waals surface area contributed by atoms with E-state index < -0.39 is 0 Å². The predicted molar refractivity (Wildman–Crippen MR) is 88.3 cm³/mol. The second-order valence-corrected chi connectivity index (χ2v) is 6.56. The number of rotatable bonds is 5. The number of nitrogens with zero attached hydrogens (tertiary/aromatic N) is 2. The molecule has 0 radical (unpaired) electrons. The second-order valence-electron chi connectivity index (χ2n) is 6.15. The number of aromatic nitrogens is 2. The van der Waals surface area contributed by atoms with Crippen LogP contribution in [-0.4, -0.2) is 32.9 Å². The molecule has 2 N–H and O–H groups in total. The smallest absolute Gasteiger partial charge is 0.273 e. The Kier molecular flexibility index (Phi) is 4.68. The molecular formula is C17H20ClN3O2. The molecule has 2 aromatic rings. The van der Waals surface area contributed by atoms with Crippen molar-refractivity contribution in [1.29, 1.82) is 0 Å². The highest BCUT2D eigenvalue weighted by Crippen LogP contribution is 2.32. The number of nitrogens with one attached hydrogen (secondary N) is 1. The molecule has 1 unspecified atom stereocenters. The fourth-order valence-electron chi connectivity index (χ4n) is 3.01. The zero-order chi connectivity index (χ0) is 16.4. The van der Waals surface area contributed by atoms with Crippen LogP contribution in [0.15, 0.2) is 36.5 Å². The fourth-order valence-corrected chi connectivity index (χ4v) is 3.28. The Labute approximate surface area is 140 Å². The lowest BCUT2D eigenvalue weighted by Gasteiger charge is -2.38. The van der Waals surface area contributed by atoms with E-state index in [1.807, 2.05) is 30.3 Å². The fraction of sp³-hybridized carbons (Fsp3) is 0.412. The third-order valence-electron chi connectivity index (χ3n) is 4.33. The summed E-state index contributed by atoms with van der Waals surface area (Å²) < 4.78 is 1.52. The van der Waals surface area contributed by atoms with Gasteiger partial charge in [-0.2, -0.15) is 5.10 Å². The van der Waals surface area contributed by atoms with Crippen molar-refractivity contribution in [3.8, 4) is 0 Å². The van der Waals surface area contributed by atoms with Crippen LogP contribution in [0.25, 0.3) is 0 Å². The first kappa shape index (κ1) is 16.0. The molecule has 1 amide bonds. The van der Waals surface area contributed by atoms with E-state index >= 15 is 0 Å². The van der Waals surface area contributed by atoms with Gasteiger partial charge in [0.05, 0.1) is 11.1 Å². The summed E-state index contributed by atoms with van der Waals surface area (Å²) in [6, 6.07) is 9.99. The molecule has 5 nitrogen and oxygen atoms in total. The average Bonchev–Trinajstić information content (AvgIpc) is 2.83. The molecule has 0 bridgehead atoms. The Morgan fingerprint density at radius 1 is 1.43 bits per heavy atom. The van der Waals surface area contributed by atoms with Crippen molar-refractivity contribution >= 4 is 17.5 Å². The van der Waals surface area contributed by atoms with Crippen LogP contribution in [0, 0.1) is 5.92 Å². The summed E-state index contributed by atoms with van der Waals surface area (Å²) in [5, 5.41) is 17.1. The van der Waals surface area contributed by atoms with Gasteiger partial charge in [0.1, 0.15) is 0 Å². The number of aliphatic hydroxyl groups excluding tert-OH is 1. The third-order valence-corrected chi connectivity index (χ3v) is 4.61. The van der Waals surface area contributed by atoms with Crippen LogP contribution in [0.5, 0.6) is 0 Å². The first-order valence-electron chi connectivity index (χ1n) is 7.75. The molecule has 122 valence electrons. The van der Waals surface area contributed by atoms with E-state index in [-0.39, 0.29) is 29.7 Å². The van der Waals surface area contributed by atoms with Gasteiger partial charge in [-0.1, -0.05) is 41.9 Å². The largest absolute Gasteiger partial charge is 0.393 e. The minimum atomic E-state index is -0.266. The molecular weight excluding hydrogens is 314 g/mol. The number of carbonyl (C=O) groups is 1. The van der Waals surface area contributed by atoms with Crippen molar-refractivity contribution in [3.63, 3.8) is 0 Å². The molecule has 0 saturated heterocycles. The van der Waals surface area contributed by atoms with Crippen LogP contribution in [0.1, 0.15) is 28.9 Å². The first-order valence-corrected chi connectivity index (χ1v) is 8.12. The molecule has 1 fully saturated rings. The van der Waals surface area contributed by atoms with E-state index in [0.29, 0.717) is 17.9 Å². The van der Waals surface area contributed by atoms with Gasteiger partial charge in [-0.05, 0) is 30.7 Å². The van der Waals surface area contributed by atoms with Gasteiger partial charge < -0.3 is 10.4 Å². The summed E-state index contributed by atoms with van der Waals surface area (Å²) >= 11 is 6.05. The Morgan fingerprint density at radius 3 is 2.70 bits per heavy atom. The lowest BCUT2D eigenvalue weighted by atomic mass is 9.75. The summed E-state index contributed by atoms with van der Waals surface area (Å²) in [7, 11) is 1.73. The van der Waals surface area contributed by atoms with Crippen molar-refractivity contribution < 1.29 is 9.90 Å². The van der Waals surface area contributed by atoms with Crippen LogP contribution < -0.4 is 5.32 Å². The van der Waals surface area contributed by atoms with E-state index in [1.54, 1.807) is 13.2 Å². The number of aryl methyl sites for hydroxylation is 1. The zero-order valence-electron chi connectivity index (χ0n) is 12.9. The van der Waals surface area contributed by atoms with E-state index in [0.717, 1.165) is 12.0 Å². The lowest BCUT2D eigenvalue weighted by molar-refractivity contribution is 0.0238. The van der Waals surface area contributed by atoms with Crippen LogP contribution in [-0.2, 0) is 13.5 Å². The molecule has 1 aliphatic carbocycles. The molecule has 1 atom stereocenters. The molecule has 0 spiro atoms. The van der Waals surface area contributed by atoms with Crippen molar-refractivity contribution in [2.24, 2.45) is 13.0 Å².